The molecule has 5 N–H and O–H groups in total. The predicted molar refractivity (Wildman–Crippen MR) is 118 cm³/mol. The third-order valence-electron chi connectivity index (χ3n) is 5.13. The van der Waals surface area contributed by atoms with Crippen LogP contribution in [0, 0.1) is 5.82 Å². The van der Waals surface area contributed by atoms with Gasteiger partial charge in [-0.05, 0) is 44.2 Å². The van der Waals surface area contributed by atoms with E-state index in [9.17, 15) is 4.39 Å². The van der Waals surface area contributed by atoms with Gasteiger partial charge in [-0.25, -0.2) is 20.2 Å². The van der Waals surface area contributed by atoms with Gasteiger partial charge in [0, 0.05) is 36.4 Å². The average Bonchev–Trinajstić information content (AvgIpc) is 2.74. The van der Waals surface area contributed by atoms with Crippen molar-refractivity contribution in [3.8, 4) is 0 Å². The summed E-state index contributed by atoms with van der Waals surface area (Å²) in [5, 5.41) is 5.48. The molecular formula is C21H26FN7O. The van der Waals surface area contributed by atoms with E-state index in [-0.39, 0.29) is 11.9 Å². The van der Waals surface area contributed by atoms with Gasteiger partial charge in [0.15, 0.2) is 0 Å². The second-order valence-electron chi connectivity index (χ2n) is 7.53. The first-order chi connectivity index (χ1) is 14.4. The minimum Gasteiger partial charge on any atom is -0.397 e. The monoisotopic (exact) mass is 411 g/mol. The van der Waals surface area contributed by atoms with Gasteiger partial charge in [0.25, 0.3) is 0 Å². The summed E-state index contributed by atoms with van der Waals surface area (Å²) in [4.78, 5) is 10.9. The molecule has 1 saturated heterocycles. The molecule has 0 unspecified atom stereocenters. The number of nitrogens with two attached hydrogens (primary N) is 2. The van der Waals surface area contributed by atoms with E-state index in [2.05, 4.69) is 15.3 Å². The maximum absolute atomic E-state index is 14.7. The van der Waals surface area contributed by atoms with Crippen molar-refractivity contribution in [3.63, 3.8) is 0 Å². The van der Waals surface area contributed by atoms with Crippen LogP contribution in [0.3, 0.4) is 0 Å². The van der Waals surface area contributed by atoms with Crippen LogP contribution in [0.25, 0.3) is 10.9 Å². The number of nitrogens with zero attached hydrogens (tertiary/aromatic N) is 4. The highest BCUT2D eigenvalue weighted by molar-refractivity contribution is 5.97. The fraction of sp³-hybridized carbons (Fsp3) is 0.333. The molecule has 0 amide bonds. The van der Waals surface area contributed by atoms with Gasteiger partial charge < -0.3 is 25.7 Å². The van der Waals surface area contributed by atoms with E-state index in [4.69, 9.17) is 16.3 Å². The van der Waals surface area contributed by atoms with Crippen molar-refractivity contribution in [1.82, 2.24) is 9.97 Å². The Labute approximate surface area is 174 Å². The smallest absolute Gasteiger partial charge is 0.227 e. The van der Waals surface area contributed by atoms with Gasteiger partial charge in [-0.2, -0.15) is 0 Å². The molecule has 3 aromatic rings. The molecule has 0 saturated carbocycles. The first-order valence-corrected chi connectivity index (χ1v) is 9.92. The van der Waals surface area contributed by atoms with Gasteiger partial charge >= 0.3 is 0 Å². The quantitative estimate of drug-likeness (QED) is 0.334. The lowest BCUT2D eigenvalue weighted by molar-refractivity contribution is 0.122. The van der Waals surface area contributed by atoms with E-state index < -0.39 is 0 Å². The molecule has 1 fully saturated rings. The number of ether oxygens (including phenoxy) is 1. The van der Waals surface area contributed by atoms with E-state index >= 15 is 0 Å². The van der Waals surface area contributed by atoms with Crippen LogP contribution in [0.2, 0.25) is 0 Å². The van der Waals surface area contributed by atoms with Gasteiger partial charge in [-0.3, -0.25) is 0 Å². The van der Waals surface area contributed by atoms with Crippen LogP contribution in [0.4, 0.5) is 33.1 Å². The van der Waals surface area contributed by atoms with Gasteiger partial charge in [-0.15, -0.1) is 0 Å². The van der Waals surface area contributed by atoms with E-state index in [1.165, 1.54) is 6.07 Å². The van der Waals surface area contributed by atoms with Crippen molar-refractivity contribution in [2.45, 2.75) is 19.9 Å². The number of hydrazine groups is 1. The number of halogens is 1. The SMILES string of the molecule is CC(C)N(N)c1c(N)ccc2cnc(Nc3ccc(N4CCOCC4)c(F)c3)nc12. The third-order valence-corrected chi connectivity index (χ3v) is 5.13. The van der Waals surface area contributed by atoms with Crippen LogP contribution in [-0.2, 0) is 4.74 Å². The van der Waals surface area contributed by atoms with Crippen LogP contribution in [0.1, 0.15) is 13.8 Å². The Hall–Kier alpha value is -3.17. The summed E-state index contributed by atoms with van der Waals surface area (Å²) >= 11 is 0. The number of hydrogen-bond acceptors (Lipinski definition) is 8. The van der Waals surface area contributed by atoms with E-state index in [1.54, 1.807) is 23.3 Å². The molecule has 0 atom stereocenters. The summed E-state index contributed by atoms with van der Waals surface area (Å²) in [6, 6.07) is 8.69. The minimum atomic E-state index is -0.305. The van der Waals surface area contributed by atoms with Crippen LogP contribution >= 0.6 is 0 Å². The zero-order chi connectivity index (χ0) is 21.3. The molecule has 0 radical (unpaired) electrons. The number of aromatic nitrogens is 2. The average molecular weight is 411 g/mol. The highest BCUT2D eigenvalue weighted by Crippen LogP contribution is 2.32. The van der Waals surface area contributed by atoms with E-state index in [0.29, 0.717) is 60.5 Å². The molecule has 30 heavy (non-hydrogen) atoms. The van der Waals surface area contributed by atoms with E-state index in [0.717, 1.165) is 5.39 Å². The Bertz CT molecular complexity index is 1050. The number of fused-ring (bicyclic) bond motifs is 1. The zero-order valence-electron chi connectivity index (χ0n) is 17.1. The number of hydrogen-bond donors (Lipinski definition) is 3. The van der Waals surface area contributed by atoms with Crippen LogP contribution in [0.15, 0.2) is 36.5 Å². The molecule has 1 aromatic heterocycles. The second kappa shape index (κ2) is 8.29. The number of morpholine rings is 1. The van der Waals surface area contributed by atoms with Crippen molar-refractivity contribution in [3.05, 3.63) is 42.3 Å². The third kappa shape index (κ3) is 3.94. The molecule has 4 rings (SSSR count). The van der Waals surface area contributed by atoms with Gasteiger partial charge in [0.05, 0.1) is 24.6 Å². The standard InChI is InChI=1S/C21H26FN7O/c1-13(2)29(24)20-17(23)5-3-14-12-25-21(27-19(14)20)26-15-4-6-18(16(22)11-15)28-7-9-30-10-8-28/h3-6,11-13H,7-10,23-24H2,1-2H3,(H,25,26,27). The topological polar surface area (TPSA) is 106 Å². The lowest BCUT2D eigenvalue weighted by Crippen LogP contribution is -2.38. The van der Waals surface area contributed by atoms with Crippen molar-refractivity contribution in [2.75, 3.05) is 47.3 Å². The lowest BCUT2D eigenvalue weighted by Gasteiger charge is -2.29. The van der Waals surface area contributed by atoms with Crippen molar-refractivity contribution in [2.24, 2.45) is 5.84 Å². The lowest BCUT2D eigenvalue weighted by atomic mass is 10.1. The number of nitrogens with one attached hydrogen (secondary N) is 1. The maximum atomic E-state index is 14.7. The summed E-state index contributed by atoms with van der Waals surface area (Å²) in [6.45, 7) is 6.49. The molecule has 2 aromatic carbocycles. The Balaban J connectivity index is 1.64. The predicted octanol–water partition coefficient (Wildman–Crippen LogP) is 3.02. The fourth-order valence-electron chi connectivity index (χ4n) is 3.46. The highest BCUT2D eigenvalue weighted by atomic mass is 19.1. The summed E-state index contributed by atoms with van der Waals surface area (Å²) in [6.07, 6.45) is 1.69. The van der Waals surface area contributed by atoms with Gasteiger partial charge in [0.1, 0.15) is 17.0 Å². The van der Waals surface area contributed by atoms with Gasteiger partial charge in [0.2, 0.25) is 5.95 Å². The minimum absolute atomic E-state index is 0.0334. The molecule has 0 aliphatic carbocycles. The summed E-state index contributed by atoms with van der Waals surface area (Å²) in [5.74, 6) is 6.26. The molecule has 0 spiro atoms. The summed E-state index contributed by atoms with van der Waals surface area (Å²) in [7, 11) is 0. The molecule has 2 heterocycles. The fourth-order valence-corrected chi connectivity index (χ4v) is 3.46. The molecule has 1 aliphatic heterocycles. The highest BCUT2D eigenvalue weighted by Gasteiger charge is 2.17. The normalized spacial score (nSPS) is 14.4. The van der Waals surface area contributed by atoms with Crippen molar-refractivity contribution < 1.29 is 9.13 Å². The van der Waals surface area contributed by atoms with Crippen molar-refractivity contribution >= 4 is 39.6 Å². The number of anilines is 5. The summed E-state index contributed by atoms with van der Waals surface area (Å²) in [5.41, 5.74) is 9.10. The first kappa shape index (κ1) is 20.1. The molecular weight excluding hydrogens is 385 g/mol. The Morgan fingerprint density at radius 2 is 1.97 bits per heavy atom. The number of rotatable bonds is 5. The molecule has 8 nitrogen and oxygen atoms in total. The number of benzene rings is 2. The molecule has 1 aliphatic rings. The Kier molecular flexibility index (Phi) is 5.56. The zero-order valence-corrected chi connectivity index (χ0v) is 17.1. The van der Waals surface area contributed by atoms with Crippen molar-refractivity contribution in [1.29, 1.82) is 0 Å². The molecule has 158 valence electrons. The number of nitrogen functional groups attached to an aromatic ring is 1. The second-order valence-corrected chi connectivity index (χ2v) is 7.53. The van der Waals surface area contributed by atoms with Crippen LogP contribution in [0.5, 0.6) is 0 Å². The first-order valence-electron chi connectivity index (χ1n) is 9.92. The Morgan fingerprint density at radius 3 is 2.67 bits per heavy atom. The van der Waals surface area contributed by atoms with E-state index in [1.807, 2.05) is 30.9 Å². The molecule has 9 heteroatoms. The van der Waals surface area contributed by atoms with Crippen LogP contribution in [-0.4, -0.2) is 42.3 Å². The Morgan fingerprint density at radius 1 is 1.20 bits per heavy atom. The molecule has 0 bridgehead atoms. The largest absolute Gasteiger partial charge is 0.397 e. The van der Waals surface area contributed by atoms with Crippen LogP contribution < -0.4 is 26.8 Å². The summed E-state index contributed by atoms with van der Waals surface area (Å²) < 4.78 is 20.0. The maximum Gasteiger partial charge on any atom is 0.227 e. The van der Waals surface area contributed by atoms with Gasteiger partial charge in [-0.1, -0.05) is 0 Å².